The minimum Gasteiger partial charge on any atom is -0.403 e. The van der Waals surface area contributed by atoms with Gasteiger partial charge in [0.05, 0.1) is 12.3 Å². The van der Waals surface area contributed by atoms with Gasteiger partial charge in [-0.3, -0.25) is 0 Å². The largest absolute Gasteiger partial charge is 0.573 e. The van der Waals surface area contributed by atoms with Crippen LogP contribution in [-0.2, 0) is 6.61 Å². The van der Waals surface area contributed by atoms with Crippen molar-refractivity contribution in [3.63, 3.8) is 0 Å². The number of nitrogen functional groups attached to an aromatic ring is 1. The molecule has 1 aromatic rings. The molecule has 0 spiro atoms. The molecule has 0 bridgehead atoms. The van der Waals surface area contributed by atoms with Crippen LogP contribution in [0.3, 0.4) is 0 Å². The molecule has 0 unspecified atom stereocenters. The summed E-state index contributed by atoms with van der Waals surface area (Å²) in [6.07, 6.45) is -5.00. The predicted octanol–water partition coefficient (Wildman–Crippen LogP) is 1.80. The first-order valence-corrected chi connectivity index (χ1v) is 3.78. The van der Waals surface area contributed by atoms with Gasteiger partial charge in [0, 0.05) is 0 Å². The molecule has 0 aliphatic carbocycles. The molecule has 0 atom stereocenters. The van der Waals surface area contributed by atoms with E-state index in [1.807, 2.05) is 0 Å². The number of rotatable bonds is 2. The average molecular weight is 225 g/mol. The van der Waals surface area contributed by atoms with Crippen molar-refractivity contribution in [1.82, 2.24) is 0 Å². The zero-order valence-electron chi connectivity index (χ0n) is 7.31. The Hall–Kier alpha value is -1.50. The third-order valence-corrected chi connectivity index (χ3v) is 1.54. The predicted molar refractivity (Wildman–Crippen MR) is 43.4 cm³/mol. The molecule has 0 aliphatic rings. The van der Waals surface area contributed by atoms with Gasteiger partial charge >= 0.3 is 6.36 Å². The van der Waals surface area contributed by atoms with Crippen molar-refractivity contribution in [2.24, 2.45) is 0 Å². The Kier molecular flexibility index (Phi) is 3.04. The fourth-order valence-electron chi connectivity index (χ4n) is 0.969. The lowest BCUT2D eigenvalue weighted by atomic mass is 10.2. The third kappa shape index (κ3) is 2.98. The highest BCUT2D eigenvalue weighted by molar-refractivity contribution is 5.49. The molecule has 0 radical (unpaired) electrons. The fourth-order valence-corrected chi connectivity index (χ4v) is 0.969. The summed E-state index contributed by atoms with van der Waals surface area (Å²) in [5.74, 6) is -2.35. The minimum atomic E-state index is -5.00. The summed E-state index contributed by atoms with van der Waals surface area (Å²) in [7, 11) is 0. The first kappa shape index (κ1) is 11.6. The van der Waals surface area contributed by atoms with E-state index in [1.165, 1.54) is 0 Å². The van der Waals surface area contributed by atoms with Crippen LogP contribution in [0.25, 0.3) is 0 Å². The van der Waals surface area contributed by atoms with Gasteiger partial charge < -0.3 is 15.6 Å². The van der Waals surface area contributed by atoms with E-state index < -0.39 is 30.2 Å². The van der Waals surface area contributed by atoms with Crippen molar-refractivity contribution < 1.29 is 27.4 Å². The van der Waals surface area contributed by atoms with E-state index in [4.69, 9.17) is 10.8 Å². The van der Waals surface area contributed by atoms with Crippen LogP contribution in [0.1, 0.15) is 5.56 Å². The number of hydrogen-bond donors (Lipinski definition) is 2. The number of benzene rings is 1. The molecule has 0 saturated carbocycles. The Balaban J connectivity index is 3.11. The normalized spacial score (nSPS) is 11.5. The molecule has 7 heteroatoms. The van der Waals surface area contributed by atoms with Gasteiger partial charge in [-0.1, -0.05) is 0 Å². The molecule has 0 fully saturated rings. The number of ether oxygens (including phenoxy) is 1. The molecule has 0 heterocycles. The third-order valence-electron chi connectivity index (χ3n) is 1.54. The highest BCUT2D eigenvalue weighted by Crippen LogP contribution is 2.29. The summed E-state index contributed by atoms with van der Waals surface area (Å²) < 4.78 is 51.8. The van der Waals surface area contributed by atoms with E-state index in [9.17, 15) is 17.6 Å². The molecule has 0 aliphatic heterocycles. The zero-order valence-corrected chi connectivity index (χ0v) is 7.31. The Morgan fingerprint density at radius 3 is 2.40 bits per heavy atom. The lowest BCUT2D eigenvalue weighted by Gasteiger charge is -2.11. The average Bonchev–Trinajstić information content (AvgIpc) is 2.10. The molecule has 0 aromatic heterocycles. The quantitative estimate of drug-likeness (QED) is 0.596. The van der Waals surface area contributed by atoms with Crippen LogP contribution in [0, 0.1) is 5.82 Å². The number of aliphatic hydroxyl groups is 1. The van der Waals surface area contributed by atoms with Crippen molar-refractivity contribution in [1.29, 1.82) is 0 Å². The molecule has 84 valence electrons. The van der Waals surface area contributed by atoms with Gasteiger partial charge in [-0.2, -0.15) is 0 Å². The summed E-state index contributed by atoms with van der Waals surface area (Å²) in [5.41, 5.74) is 4.60. The summed E-state index contributed by atoms with van der Waals surface area (Å²) in [6.45, 7) is -0.557. The molecular weight excluding hydrogens is 218 g/mol. The van der Waals surface area contributed by atoms with E-state index in [2.05, 4.69) is 4.74 Å². The second-order valence-electron chi connectivity index (χ2n) is 2.70. The Morgan fingerprint density at radius 1 is 1.33 bits per heavy atom. The van der Waals surface area contributed by atoms with Crippen molar-refractivity contribution in [3.8, 4) is 5.75 Å². The SMILES string of the molecule is Nc1cc(CO)cc(OC(F)(F)F)c1F. The molecule has 0 amide bonds. The van der Waals surface area contributed by atoms with Crippen LogP contribution in [0.2, 0.25) is 0 Å². The van der Waals surface area contributed by atoms with Crippen LogP contribution in [0.4, 0.5) is 23.2 Å². The summed E-state index contributed by atoms with van der Waals surface area (Å²) in [5, 5.41) is 8.66. The number of anilines is 1. The van der Waals surface area contributed by atoms with Gasteiger partial charge in [0.25, 0.3) is 0 Å². The molecule has 1 rings (SSSR count). The van der Waals surface area contributed by atoms with Crippen molar-refractivity contribution >= 4 is 5.69 Å². The lowest BCUT2D eigenvalue weighted by molar-refractivity contribution is -0.275. The van der Waals surface area contributed by atoms with E-state index in [-0.39, 0.29) is 5.56 Å². The van der Waals surface area contributed by atoms with Gasteiger partial charge in [0.2, 0.25) is 0 Å². The second kappa shape index (κ2) is 3.93. The van der Waals surface area contributed by atoms with Gasteiger partial charge in [-0.05, 0) is 17.7 Å². The number of halogens is 4. The van der Waals surface area contributed by atoms with Gasteiger partial charge in [-0.25, -0.2) is 4.39 Å². The van der Waals surface area contributed by atoms with Crippen LogP contribution in [0.15, 0.2) is 12.1 Å². The second-order valence-corrected chi connectivity index (χ2v) is 2.70. The number of nitrogens with two attached hydrogens (primary N) is 1. The smallest absolute Gasteiger partial charge is 0.403 e. The highest BCUT2D eigenvalue weighted by Gasteiger charge is 2.32. The monoisotopic (exact) mass is 225 g/mol. The summed E-state index contributed by atoms with van der Waals surface area (Å²) in [6, 6.07) is 1.76. The first-order valence-electron chi connectivity index (χ1n) is 3.78. The Bertz CT molecular complexity index is 364. The fraction of sp³-hybridized carbons (Fsp3) is 0.250. The summed E-state index contributed by atoms with van der Waals surface area (Å²) >= 11 is 0. The van der Waals surface area contributed by atoms with E-state index in [1.54, 1.807) is 0 Å². The first-order chi connectivity index (χ1) is 6.83. The molecule has 3 nitrogen and oxygen atoms in total. The van der Waals surface area contributed by atoms with E-state index in [0.29, 0.717) is 0 Å². The van der Waals surface area contributed by atoms with Crippen LogP contribution in [-0.4, -0.2) is 11.5 Å². The molecular formula is C8H7F4NO2. The molecule has 1 aromatic carbocycles. The highest BCUT2D eigenvalue weighted by atomic mass is 19.4. The van der Waals surface area contributed by atoms with E-state index >= 15 is 0 Å². The van der Waals surface area contributed by atoms with Crippen molar-refractivity contribution in [2.75, 3.05) is 5.73 Å². The molecule has 0 saturated heterocycles. The van der Waals surface area contributed by atoms with Gasteiger partial charge in [0.1, 0.15) is 0 Å². The van der Waals surface area contributed by atoms with Crippen LogP contribution in [0.5, 0.6) is 5.75 Å². The standard InChI is InChI=1S/C8H7F4NO2/c9-7-5(13)1-4(3-14)2-6(7)15-8(10,11)12/h1-2,14H,3,13H2. The maximum absolute atomic E-state index is 13.0. The minimum absolute atomic E-state index is 0.0353. The van der Waals surface area contributed by atoms with Crippen molar-refractivity contribution in [3.05, 3.63) is 23.5 Å². The maximum atomic E-state index is 13.0. The Labute approximate surface area is 82.1 Å². The van der Waals surface area contributed by atoms with E-state index in [0.717, 1.165) is 12.1 Å². The molecule has 3 N–H and O–H groups in total. The topological polar surface area (TPSA) is 55.5 Å². The number of hydrogen-bond acceptors (Lipinski definition) is 3. The van der Waals surface area contributed by atoms with Crippen LogP contribution >= 0.6 is 0 Å². The lowest BCUT2D eigenvalue weighted by Crippen LogP contribution is -2.18. The Morgan fingerprint density at radius 2 is 1.93 bits per heavy atom. The van der Waals surface area contributed by atoms with Gasteiger partial charge in [-0.15, -0.1) is 13.2 Å². The number of aliphatic hydroxyl groups excluding tert-OH is 1. The summed E-state index contributed by atoms with van der Waals surface area (Å²) in [4.78, 5) is 0. The maximum Gasteiger partial charge on any atom is 0.573 e. The van der Waals surface area contributed by atoms with Crippen LogP contribution < -0.4 is 10.5 Å². The number of alkyl halides is 3. The zero-order chi connectivity index (χ0) is 11.6. The van der Waals surface area contributed by atoms with Gasteiger partial charge in [0.15, 0.2) is 11.6 Å². The molecule has 15 heavy (non-hydrogen) atoms. The van der Waals surface area contributed by atoms with Crippen molar-refractivity contribution in [2.45, 2.75) is 13.0 Å².